The van der Waals surface area contributed by atoms with Gasteiger partial charge in [-0.3, -0.25) is 4.90 Å². The minimum Gasteiger partial charge on any atom is -0.453 e. The van der Waals surface area contributed by atoms with Gasteiger partial charge in [0, 0.05) is 5.69 Å². The van der Waals surface area contributed by atoms with E-state index in [1.807, 2.05) is 31.2 Å². The predicted octanol–water partition coefficient (Wildman–Crippen LogP) is 1.68. The van der Waals surface area contributed by atoms with Crippen molar-refractivity contribution in [2.24, 2.45) is 0 Å². The number of benzene rings is 1. The summed E-state index contributed by atoms with van der Waals surface area (Å²) in [6.45, 7) is 2.63. The van der Waals surface area contributed by atoms with Crippen LogP contribution in [-0.2, 0) is 9.47 Å². The van der Waals surface area contributed by atoms with Crippen LogP contribution >= 0.6 is 0 Å². The molecule has 0 saturated carbocycles. The van der Waals surface area contributed by atoms with Gasteiger partial charge in [-0.15, -0.1) is 0 Å². The highest BCUT2D eigenvalue weighted by molar-refractivity contribution is 5.89. The van der Waals surface area contributed by atoms with Crippen LogP contribution in [0.4, 0.5) is 15.3 Å². The van der Waals surface area contributed by atoms with E-state index in [4.69, 9.17) is 4.74 Å². The Balaban J connectivity index is 1.96. The number of alkyl carbamates (subject to hydrolysis) is 1. The fraction of sp³-hybridized carbons (Fsp3) is 0.385. The molecule has 1 aliphatic heterocycles. The van der Waals surface area contributed by atoms with Crippen molar-refractivity contribution in [3.05, 3.63) is 29.8 Å². The SMILES string of the molecule is COC(=O)NCC1CN(c2ccc(C)cc2)C(=O)O1. The summed E-state index contributed by atoms with van der Waals surface area (Å²) >= 11 is 0. The van der Waals surface area contributed by atoms with E-state index in [0.29, 0.717) is 6.54 Å². The van der Waals surface area contributed by atoms with Gasteiger partial charge in [0.1, 0.15) is 6.10 Å². The van der Waals surface area contributed by atoms with E-state index in [1.165, 1.54) is 7.11 Å². The maximum Gasteiger partial charge on any atom is 0.414 e. The fourth-order valence-corrected chi connectivity index (χ4v) is 1.83. The van der Waals surface area contributed by atoms with E-state index >= 15 is 0 Å². The molecule has 1 heterocycles. The van der Waals surface area contributed by atoms with Gasteiger partial charge < -0.3 is 14.8 Å². The van der Waals surface area contributed by atoms with E-state index in [9.17, 15) is 9.59 Å². The topological polar surface area (TPSA) is 67.9 Å². The predicted molar refractivity (Wildman–Crippen MR) is 69.2 cm³/mol. The van der Waals surface area contributed by atoms with Crippen LogP contribution in [0.2, 0.25) is 0 Å². The Bertz CT molecular complexity index is 472. The molecule has 1 N–H and O–H groups in total. The van der Waals surface area contributed by atoms with Gasteiger partial charge in [0.2, 0.25) is 0 Å². The molecule has 1 aromatic carbocycles. The molecule has 1 fully saturated rings. The Morgan fingerprint density at radius 2 is 2.16 bits per heavy atom. The maximum absolute atomic E-state index is 11.7. The molecule has 0 bridgehead atoms. The lowest BCUT2D eigenvalue weighted by Crippen LogP contribution is -2.34. The fourth-order valence-electron chi connectivity index (χ4n) is 1.83. The minimum absolute atomic E-state index is 0.237. The Morgan fingerprint density at radius 1 is 1.47 bits per heavy atom. The highest BCUT2D eigenvalue weighted by Gasteiger charge is 2.32. The summed E-state index contributed by atoms with van der Waals surface area (Å²) in [6.07, 6.45) is -1.31. The van der Waals surface area contributed by atoms with Crippen LogP contribution in [0.25, 0.3) is 0 Å². The Hall–Kier alpha value is -2.24. The third kappa shape index (κ3) is 3.15. The number of cyclic esters (lactones) is 1. The molecule has 0 spiro atoms. The van der Waals surface area contributed by atoms with Crippen molar-refractivity contribution in [2.45, 2.75) is 13.0 Å². The first-order chi connectivity index (χ1) is 9.10. The number of hydrogen-bond acceptors (Lipinski definition) is 4. The van der Waals surface area contributed by atoms with Crippen molar-refractivity contribution >= 4 is 17.9 Å². The summed E-state index contributed by atoms with van der Waals surface area (Å²) in [5.41, 5.74) is 1.91. The third-order valence-electron chi connectivity index (χ3n) is 2.88. The van der Waals surface area contributed by atoms with Gasteiger partial charge in [-0.2, -0.15) is 0 Å². The number of carbonyl (C=O) groups excluding carboxylic acids is 2. The lowest BCUT2D eigenvalue weighted by molar-refractivity contribution is 0.132. The van der Waals surface area contributed by atoms with Crippen molar-refractivity contribution in [3.63, 3.8) is 0 Å². The van der Waals surface area contributed by atoms with Crippen LogP contribution in [0.5, 0.6) is 0 Å². The molecule has 2 rings (SSSR count). The number of carbonyl (C=O) groups is 2. The van der Waals surface area contributed by atoms with E-state index in [-0.39, 0.29) is 12.6 Å². The number of ether oxygens (including phenoxy) is 2. The second kappa shape index (κ2) is 5.60. The van der Waals surface area contributed by atoms with Crippen molar-refractivity contribution in [1.82, 2.24) is 5.32 Å². The molecule has 1 saturated heterocycles. The zero-order valence-corrected chi connectivity index (χ0v) is 10.9. The molecule has 102 valence electrons. The van der Waals surface area contributed by atoms with Crippen LogP contribution in [-0.4, -0.2) is 38.5 Å². The summed E-state index contributed by atoms with van der Waals surface area (Å²) in [7, 11) is 1.29. The molecule has 0 aromatic heterocycles. The number of amides is 2. The van der Waals surface area contributed by atoms with Crippen molar-refractivity contribution in [1.29, 1.82) is 0 Å². The molecular formula is C13H16N2O4. The number of rotatable bonds is 3. The normalized spacial score (nSPS) is 18.1. The Kier molecular flexibility index (Phi) is 3.89. The van der Waals surface area contributed by atoms with Crippen LogP contribution in [0.1, 0.15) is 5.56 Å². The van der Waals surface area contributed by atoms with Crippen molar-refractivity contribution < 1.29 is 19.1 Å². The zero-order valence-electron chi connectivity index (χ0n) is 10.9. The van der Waals surface area contributed by atoms with Crippen LogP contribution in [0.3, 0.4) is 0 Å². The Morgan fingerprint density at radius 3 is 2.79 bits per heavy atom. The first-order valence-electron chi connectivity index (χ1n) is 5.97. The largest absolute Gasteiger partial charge is 0.453 e. The lowest BCUT2D eigenvalue weighted by Gasteiger charge is -2.13. The smallest absolute Gasteiger partial charge is 0.414 e. The number of methoxy groups -OCH3 is 1. The van der Waals surface area contributed by atoms with E-state index in [1.54, 1.807) is 4.90 Å². The third-order valence-corrected chi connectivity index (χ3v) is 2.88. The highest BCUT2D eigenvalue weighted by atomic mass is 16.6. The number of hydrogen-bond donors (Lipinski definition) is 1. The average molecular weight is 264 g/mol. The van der Waals surface area contributed by atoms with Gasteiger partial charge in [0.05, 0.1) is 20.2 Å². The maximum atomic E-state index is 11.7. The van der Waals surface area contributed by atoms with E-state index in [2.05, 4.69) is 10.1 Å². The van der Waals surface area contributed by atoms with Gasteiger partial charge in [0.25, 0.3) is 0 Å². The Labute approximate surface area is 111 Å². The van der Waals surface area contributed by atoms with E-state index in [0.717, 1.165) is 11.3 Å². The van der Waals surface area contributed by atoms with Gasteiger partial charge in [-0.25, -0.2) is 9.59 Å². The second-order valence-corrected chi connectivity index (χ2v) is 4.32. The van der Waals surface area contributed by atoms with Gasteiger partial charge in [-0.05, 0) is 19.1 Å². The standard InChI is InChI=1S/C13H16N2O4/c1-9-3-5-10(6-4-9)15-8-11(19-13(15)17)7-14-12(16)18-2/h3-6,11H,7-8H2,1-2H3,(H,14,16). The quantitative estimate of drug-likeness (QED) is 0.901. The number of nitrogens with one attached hydrogen (secondary N) is 1. The van der Waals surface area contributed by atoms with Crippen molar-refractivity contribution in [3.8, 4) is 0 Å². The monoisotopic (exact) mass is 264 g/mol. The molecule has 6 heteroatoms. The van der Waals surface area contributed by atoms with Crippen LogP contribution in [0.15, 0.2) is 24.3 Å². The number of anilines is 1. The molecule has 2 amide bonds. The second-order valence-electron chi connectivity index (χ2n) is 4.32. The summed E-state index contributed by atoms with van der Waals surface area (Å²) in [6, 6.07) is 7.60. The number of aryl methyl sites for hydroxylation is 1. The summed E-state index contributed by atoms with van der Waals surface area (Å²) in [5.74, 6) is 0. The van der Waals surface area contributed by atoms with Gasteiger partial charge in [0.15, 0.2) is 0 Å². The summed E-state index contributed by atoms with van der Waals surface area (Å²) in [5, 5.41) is 2.51. The molecule has 1 atom stereocenters. The summed E-state index contributed by atoms with van der Waals surface area (Å²) in [4.78, 5) is 24.2. The molecule has 1 unspecified atom stereocenters. The molecule has 0 radical (unpaired) electrons. The van der Waals surface area contributed by atoms with Gasteiger partial charge >= 0.3 is 12.2 Å². The van der Waals surface area contributed by atoms with Crippen LogP contribution in [0, 0.1) is 6.92 Å². The van der Waals surface area contributed by atoms with Gasteiger partial charge in [-0.1, -0.05) is 17.7 Å². The molecule has 19 heavy (non-hydrogen) atoms. The molecule has 1 aromatic rings. The lowest BCUT2D eigenvalue weighted by atomic mass is 10.2. The average Bonchev–Trinajstić information content (AvgIpc) is 2.78. The first kappa shape index (κ1) is 13.2. The molecular weight excluding hydrogens is 248 g/mol. The van der Waals surface area contributed by atoms with E-state index < -0.39 is 12.2 Å². The summed E-state index contributed by atoms with van der Waals surface area (Å²) < 4.78 is 9.63. The highest BCUT2D eigenvalue weighted by Crippen LogP contribution is 2.21. The zero-order chi connectivity index (χ0) is 13.8. The van der Waals surface area contributed by atoms with Crippen molar-refractivity contribution in [2.75, 3.05) is 25.1 Å². The molecule has 6 nitrogen and oxygen atoms in total. The van der Waals surface area contributed by atoms with Crippen LogP contribution < -0.4 is 10.2 Å². The number of nitrogens with zero attached hydrogens (tertiary/aromatic N) is 1. The molecule has 0 aliphatic carbocycles. The minimum atomic E-state index is -0.537. The molecule has 1 aliphatic rings. The first-order valence-corrected chi connectivity index (χ1v) is 5.97.